The Morgan fingerprint density at radius 3 is 2.28 bits per heavy atom. The molecule has 7 nitrogen and oxygen atoms in total. The summed E-state index contributed by atoms with van der Waals surface area (Å²) in [6.07, 6.45) is 0.571. The molecule has 96 valence electrons. The van der Waals surface area contributed by atoms with Gasteiger partial charge in [0.15, 0.2) is 5.96 Å². The highest BCUT2D eigenvalue weighted by atomic mass is 16.4. The standard InChI is InChI=1S/C11H15N5O2/c12-10(13)16-11(14)15-8-4-1-7(2-5-8)3-6-9(17)18/h1-2,4-5H,3,6H2,(H,17,18)(H6,12,13,14,15,16). The minimum Gasteiger partial charge on any atom is -0.481 e. The van der Waals surface area contributed by atoms with E-state index >= 15 is 0 Å². The van der Waals surface area contributed by atoms with Gasteiger partial charge in [0.2, 0.25) is 5.96 Å². The largest absolute Gasteiger partial charge is 0.481 e. The van der Waals surface area contributed by atoms with Gasteiger partial charge in [0.05, 0.1) is 5.69 Å². The normalized spacial score (nSPS) is 11.0. The molecule has 0 bridgehead atoms. The first-order valence-corrected chi connectivity index (χ1v) is 5.22. The summed E-state index contributed by atoms with van der Waals surface area (Å²) in [5.74, 6) is -1.02. The van der Waals surface area contributed by atoms with Gasteiger partial charge < -0.3 is 22.3 Å². The van der Waals surface area contributed by atoms with Gasteiger partial charge in [-0.3, -0.25) is 4.79 Å². The molecular weight excluding hydrogens is 234 g/mol. The van der Waals surface area contributed by atoms with Crippen LogP contribution in [0.25, 0.3) is 0 Å². The lowest BCUT2D eigenvalue weighted by Gasteiger charge is -2.00. The van der Waals surface area contributed by atoms with Gasteiger partial charge in [-0.25, -0.2) is 4.99 Å². The number of aliphatic imine (C=N–C) groups is 2. The summed E-state index contributed by atoms with van der Waals surface area (Å²) < 4.78 is 0. The molecule has 0 saturated carbocycles. The first-order chi connectivity index (χ1) is 8.47. The summed E-state index contributed by atoms with van der Waals surface area (Å²) in [6.45, 7) is 0. The van der Waals surface area contributed by atoms with E-state index in [0.29, 0.717) is 12.1 Å². The number of rotatable bonds is 4. The number of benzene rings is 1. The molecule has 7 heteroatoms. The van der Waals surface area contributed by atoms with Gasteiger partial charge in [-0.15, -0.1) is 0 Å². The average Bonchev–Trinajstić information content (AvgIpc) is 2.26. The predicted molar refractivity (Wildman–Crippen MR) is 69.5 cm³/mol. The van der Waals surface area contributed by atoms with Gasteiger partial charge >= 0.3 is 5.97 Å². The number of hydrogen-bond donors (Lipinski definition) is 4. The molecule has 0 amide bonds. The number of guanidine groups is 2. The lowest BCUT2D eigenvalue weighted by molar-refractivity contribution is -0.136. The molecule has 0 aliphatic rings. The topological polar surface area (TPSA) is 140 Å². The van der Waals surface area contributed by atoms with Crippen molar-refractivity contribution in [2.24, 2.45) is 27.2 Å². The van der Waals surface area contributed by atoms with Gasteiger partial charge in [-0.05, 0) is 24.1 Å². The quantitative estimate of drug-likeness (QED) is 0.436. The van der Waals surface area contributed by atoms with Crippen molar-refractivity contribution in [1.82, 2.24) is 0 Å². The molecular formula is C11H15N5O2. The molecule has 0 aliphatic carbocycles. The van der Waals surface area contributed by atoms with E-state index in [9.17, 15) is 4.79 Å². The highest BCUT2D eigenvalue weighted by Crippen LogP contribution is 2.14. The second-order valence-corrected chi connectivity index (χ2v) is 3.57. The lowest BCUT2D eigenvalue weighted by atomic mass is 10.1. The smallest absolute Gasteiger partial charge is 0.303 e. The van der Waals surface area contributed by atoms with Crippen LogP contribution in [0.5, 0.6) is 0 Å². The number of carboxylic acids is 1. The van der Waals surface area contributed by atoms with Crippen molar-refractivity contribution in [2.45, 2.75) is 12.8 Å². The van der Waals surface area contributed by atoms with Gasteiger partial charge in [0, 0.05) is 6.42 Å². The van der Waals surface area contributed by atoms with E-state index < -0.39 is 5.97 Å². The van der Waals surface area contributed by atoms with Crippen LogP contribution in [0.4, 0.5) is 5.69 Å². The summed E-state index contributed by atoms with van der Waals surface area (Å²) in [5.41, 5.74) is 17.3. The van der Waals surface area contributed by atoms with E-state index in [1.165, 1.54) is 0 Å². The zero-order chi connectivity index (χ0) is 13.5. The molecule has 1 aromatic carbocycles. The first kappa shape index (κ1) is 13.5. The van der Waals surface area contributed by atoms with E-state index in [-0.39, 0.29) is 18.3 Å². The van der Waals surface area contributed by atoms with Crippen molar-refractivity contribution in [3.63, 3.8) is 0 Å². The van der Waals surface area contributed by atoms with Crippen LogP contribution in [-0.4, -0.2) is 23.0 Å². The highest BCUT2D eigenvalue weighted by Gasteiger charge is 1.99. The van der Waals surface area contributed by atoms with E-state index in [0.717, 1.165) is 5.56 Å². The Labute approximate surface area is 104 Å². The van der Waals surface area contributed by atoms with Crippen molar-refractivity contribution in [1.29, 1.82) is 0 Å². The number of aliphatic carboxylic acids is 1. The van der Waals surface area contributed by atoms with Gasteiger partial charge in [0.1, 0.15) is 0 Å². The van der Waals surface area contributed by atoms with Gasteiger partial charge in [-0.1, -0.05) is 12.1 Å². The van der Waals surface area contributed by atoms with Gasteiger partial charge in [-0.2, -0.15) is 4.99 Å². The van der Waals surface area contributed by atoms with Crippen molar-refractivity contribution >= 4 is 23.6 Å². The third kappa shape index (κ3) is 4.97. The molecule has 7 N–H and O–H groups in total. The van der Waals surface area contributed by atoms with Crippen molar-refractivity contribution in [3.05, 3.63) is 29.8 Å². The number of carbonyl (C=O) groups is 1. The zero-order valence-electron chi connectivity index (χ0n) is 9.71. The Balaban J connectivity index is 2.71. The minimum atomic E-state index is -0.825. The molecule has 0 saturated heterocycles. The molecule has 1 rings (SSSR count). The van der Waals surface area contributed by atoms with Crippen LogP contribution >= 0.6 is 0 Å². The van der Waals surface area contributed by atoms with Crippen LogP contribution in [0, 0.1) is 0 Å². The van der Waals surface area contributed by atoms with Crippen LogP contribution in [0.3, 0.4) is 0 Å². The number of hydrogen-bond acceptors (Lipinski definition) is 2. The maximum Gasteiger partial charge on any atom is 0.303 e. The summed E-state index contributed by atoms with van der Waals surface area (Å²) in [6, 6.07) is 6.99. The van der Waals surface area contributed by atoms with E-state index in [2.05, 4.69) is 9.98 Å². The average molecular weight is 249 g/mol. The SMILES string of the molecule is NC(N)=NC(N)=Nc1ccc(CCC(=O)O)cc1. The second-order valence-electron chi connectivity index (χ2n) is 3.57. The van der Waals surface area contributed by atoms with Crippen LogP contribution in [0.15, 0.2) is 34.3 Å². The van der Waals surface area contributed by atoms with Crippen molar-refractivity contribution in [2.75, 3.05) is 0 Å². The summed E-state index contributed by atoms with van der Waals surface area (Å²) in [4.78, 5) is 18.0. The Kier molecular flexibility index (Phi) is 4.67. The molecule has 0 atom stereocenters. The molecule has 0 unspecified atom stereocenters. The molecule has 0 radical (unpaired) electrons. The number of aryl methyl sites for hydroxylation is 1. The summed E-state index contributed by atoms with van der Waals surface area (Å²) in [7, 11) is 0. The van der Waals surface area contributed by atoms with Crippen LogP contribution < -0.4 is 17.2 Å². The number of nitrogens with two attached hydrogens (primary N) is 3. The van der Waals surface area contributed by atoms with Crippen molar-refractivity contribution in [3.8, 4) is 0 Å². The monoisotopic (exact) mass is 249 g/mol. The molecule has 0 heterocycles. The van der Waals surface area contributed by atoms with Crippen LogP contribution in [0.2, 0.25) is 0 Å². The lowest BCUT2D eigenvalue weighted by Crippen LogP contribution is -2.26. The molecule has 18 heavy (non-hydrogen) atoms. The maximum atomic E-state index is 10.4. The third-order valence-corrected chi connectivity index (χ3v) is 2.05. The van der Waals surface area contributed by atoms with E-state index in [1.807, 2.05) is 0 Å². The minimum absolute atomic E-state index is 0.0340. The molecule has 1 aromatic rings. The maximum absolute atomic E-state index is 10.4. The molecule has 0 fully saturated rings. The predicted octanol–water partition coefficient (Wildman–Crippen LogP) is -0.0766. The Hall–Kier alpha value is -2.57. The van der Waals surface area contributed by atoms with Gasteiger partial charge in [0.25, 0.3) is 0 Å². The Bertz CT molecular complexity index is 475. The van der Waals surface area contributed by atoms with E-state index in [4.69, 9.17) is 22.3 Å². The van der Waals surface area contributed by atoms with E-state index in [1.54, 1.807) is 24.3 Å². The Morgan fingerprint density at radius 2 is 1.78 bits per heavy atom. The van der Waals surface area contributed by atoms with Crippen LogP contribution in [0.1, 0.15) is 12.0 Å². The number of carboxylic acid groups (broad SMARTS) is 1. The fourth-order valence-electron chi connectivity index (χ4n) is 1.28. The Morgan fingerprint density at radius 1 is 1.17 bits per heavy atom. The van der Waals surface area contributed by atoms with Crippen molar-refractivity contribution < 1.29 is 9.90 Å². The summed E-state index contributed by atoms with van der Waals surface area (Å²) in [5, 5.41) is 8.56. The molecule has 0 aromatic heterocycles. The fourth-order valence-corrected chi connectivity index (χ4v) is 1.28. The number of nitrogens with zero attached hydrogens (tertiary/aromatic N) is 2. The molecule has 0 aliphatic heterocycles. The van der Waals surface area contributed by atoms with Crippen LogP contribution in [-0.2, 0) is 11.2 Å². The zero-order valence-corrected chi connectivity index (χ0v) is 9.71. The highest BCUT2D eigenvalue weighted by molar-refractivity contribution is 5.93. The first-order valence-electron chi connectivity index (χ1n) is 5.22. The third-order valence-electron chi connectivity index (χ3n) is 2.05. The summed E-state index contributed by atoms with van der Waals surface area (Å²) >= 11 is 0. The fraction of sp³-hybridized carbons (Fsp3) is 0.182. The molecule has 0 spiro atoms. The second kappa shape index (κ2) is 6.24.